The number of hydrogen-bond donors (Lipinski definition) is 9. The van der Waals surface area contributed by atoms with Crippen LogP contribution in [0.5, 0.6) is 0 Å². The Morgan fingerprint density at radius 1 is 0.697 bits per heavy atom. The molecule has 0 aliphatic rings. The standard InChI is InChI=1S/C19H36N6O8/c20-7-3-1-5-11(22)16(29)25-14(10-26)18(31)24-13(9-15(27)28)17(30)23-12(19(32)33)6-2-4-8-21/h11-14,26H,1-10,20-22H2,(H,23,30)(H,24,31)(H,25,29)(H,27,28)(H,32,33). The van der Waals surface area contributed by atoms with Crippen LogP contribution in [0.2, 0.25) is 0 Å². The van der Waals surface area contributed by atoms with Crippen LogP contribution in [0.3, 0.4) is 0 Å². The van der Waals surface area contributed by atoms with E-state index in [9.17, 15) is 34.2 Å². The molecule has 14 heteroatoms. The first-order valence-corrected chi connectivity index (χ1v) is 10.7. The molecule has 0 aromatic heterocycles. The van der Waals surface area contributed by atoms with Gasteiger partial charge in [0.2, 0.25) is 17.7 Å². The van der Waals surface area contributed by atoms with Gasteiger partial charge in [0.15, 0.2) is 0 Å². The fourth-order valence-corrected chi connectivity index (χ4v) is 2.79. The lowest BCUT2D eigenvalue weighted by Gasteiger charge is -2.23. The molecule has 0 aromatic rings. The lowest BCUT2D eigenvalue weighted by Crippen LogP contribution is -2.58. The molecule has 190 valence electrons. The number of carbonyl (C=O) groups is 5. The number of aliphatic carboxylic acids is 2. The van der Waals surface area contributed by atoms with Crippen molar-refractivity contribution in [2.45, 2.75) is 69.1 Å². The summed E-state index contributed by atoms with van der Waals surface area (Å²) in [5.74, 6) is -5.54. The van der Waals surface area contributed by atoms with E-state index in [2.05, 4.69) is 16.0 Å². The SMILES string of the molecule is NCCCCC(N)C(=O)NC(CO)C(=O)NC(CC(=O)O)C(=O)NC(CCCCN)C(=O)O. The molecule has 0 bridgehead atoms. The molecular formula is C19H36N6O8. The molecule has 0 rings (SSSR count). The molecule has 0 radical (unpaired) electrons. The van der Waals surface area contributed by atoms with Crippen LogP contribution < -0.4 is 33.2 Å². The van der Waals surface area contributed by atoms with E-state index in [-0.39, 0.29) is 6.42 Å². The molecule has 0 heterocycles. The van der Waals surface area contributed by atoms with Crippen molar-refractivity contribution in [1.29, 1.82) is 0 Å². The van der Waals surface area contributed by atoms with Gasteiger partial charge in [0.05, 0.1) is 19.1 Å². The predicted molar refractivity (Wildman–Crippen MR) is 117 cm³/mol. The van der Waals surface area contributed by atoms with E-state index in [4.69, 9.17) is 22.3 Å². The molecule has 4 unspecified atom stereocenters. The molecule has 12 N–H and O–H groups in total. The molecule has 0 aromatic carbocycles. The highest BCUT2D eigenvalue weighted by Gasteiger charge is 2.31. The summed E-state index contributed by atoms with van der Waals surface area (Å²) in [4.78, 5) is 59.6. The van der Waals surface area contributed by atoms with Gasteiger partial charge in [-0.1, -0.05) is 6.42 Å². The minimum atomic E-state index is -1.64. The molecule has 0 saturated carbocycles. The smallest absolute Gasteiger partial charge is 0.326 e. The Labute approximate surface area is 191 Å². The highest BCUT2D eigenvalue weighted by molar-refractivity contribution is 5.95. The molecule has 0 aliphatic heterocycles. The topological polar surface area (TPSA) is 260 Å². The zero-order valence-corrected chi connectivity index (χ0v) is 18.5. The number of nitrogens with one attached hydrogen (secondary N) is 3. The van der Waals surface area contributed by atoms with Gasteiger partial charge in [0, 0.05) is 0 Å². The van der Waals surface area contributed by atoms with Crippen LogP contribution >= 0.6 is 0 Å². The van der Waals surface area contributed by atoms with Crippen LogP contribution in [-0.2, 0) is 24.0 Å². The second kappa shape index (κ2) is 16.8. The van der Waals surface area contributed by atoms with E-state index >= 15 is 0 Å². The Hall–Kier alpha value is -2.81. The summed E-state index contributed by atoms with van der Waals surface area (Å²) in [5.41, 5.74) is 16.5. The first-order valence-electron chi connectivity index (χ1n) is 10.7. The number of carbonyl (C=O) groups excluding carboxylic acids is 3. The molecule has 4 atom stereocenters. The normalized spacial score (nSPS) is 14.4. The van der Waals surface area contributed by atoms with Crippen molar-refractivity contribution >= 4 is 29.7 Å². The average Bonchev–Trinajstić information content (AvgIpc) is 2.75. The van der Waals surface area contributed by atoms with Gasteiger partial charge >= 0.3 is 11.9 Å². The van der Waals surface area contributed by atoms with E-state index < -0.39 is 66.9 Å². The molecule has 33 heavy (non-hydrogen) atoms. The predicted octanol–water partition coefficient (Wildman–Crippen LogP) is -3.42. The fraction of sp³-hybridized carbons (Fsp3) is 0.737. The van der Waals surface area contributed by atoms with Crippen LogP contribution in [0.1, 0.15) is 44.9 Å². The van der Waals surface area contributed by atoms with Crippen molar-refractivity contribution in [2.24, 2.45) is 17.2 Å². The minimum Gasteiger partial charge on any atom is -0.481 e. The molecule has 14 nitrogen and oxygen atoms in total. The fourth-order valence-electron chi connectivity index (χ4n) is 2.79. The number of rotatable bonds is 18. The van der Waals surface area contributed by atoms with Crippen LogP contribution in [-0.4, -0.2) is 88.8 Å². The first-order chi connectivity index (χ1) is 15.6. The maximum absolute atomic E-state index is 12.5. The number of aliphatic hydroxyl groups is 1. The van der Waals surface area contributed by atoms with Crippen LogP contribution in [0.4, 0.5) is 0 Å². The second-order valence-corrected chi connectivity index (χ2v) is 7.48. The molecular weight excluding hydrogens is 440 g/mol. The summed E-state index contributed by atoms with van der Waals surface area (Å²) in [6.07, 6.45) is 1.68. The zero-order valence-electron chi connectivity index (χ0n) is 18.5. The molecule has 0 aliphatic carbocycles. The lowest BCUT2D eigenvalue weighted by molar-refractivity contribution is -0.144. The maximum Gasteiger partial charge on any atom is 0.326 e. The van der Waals surface area contributed by atoms with Gasteiger partial charge in [0.25, 0.3) is 0 Å². The quantitative estimate of drug-likeness (QED) is 0.0879. The zero-order chi connectivity index (χ0) is 25.4. The van der Waals surface area contributed by atoms with Gasteiger partial charge in [-0.25, -0.2) is 4.79 Å². The van der Waals surface area contributed by atoms with Gasteiger partial charge < -0.3 is 48.5 Å². The highest BCUT2D eigenvalue weighted by atomic mass is 16.4. The average molecular weight is 477 g/mol. The summed E-state index contributed by atoms with van der Waals surface area (Å²) < 4.78 is 0. The largest absolute Gasteiger partial charge is 0.481 e. The number of hydrogen-bond acceptors (Lipinski definition) is 9. The van der Waals surface area contributed by atoms with Crippen LogP contribution in [0.15, 0.2) is 0 Å². The Morgan fingerprint density at radius 3 is 1.67 bits per heavy atom. The first kappa shape index (κ1) is 30.2. The number of amides is 3. The summed E-state index contributed by atoms with van der Waals surface area (Å²) in [5, 5.41) is 34.4. The van der Waals surface area contributed by atoms with E-state index in [0.717, 1.165) is 0 Å². The van der Waals surface area contributed by atoms with Crippen molar-refractivity contribution < 1.29 is 39.3 Å². The third kappa shape index (κ3) is 12.7. The van der Waals surface area contributed by atoms with Crippen molar-refractivity contribution in [2.75, 3.05) is 19.7 Å². The molecule has 0 spiro atoms. The molecule has 0 fully saturated rings. The van der Waals surface area contributed by atoms with Crippen LogP contribution in [0, 0.1) is 0 Å². The number of aliphatic hydroxyl groups excluding tert-OH is 1. The third-order valence-corrected chi connectivity index (χ3v) is 4.69. The highest BCUT2D eigenvalue weighted by Crippen LogP contribution is 2.04. The Morgan fingerprint density at radius 2 is 1.18 bits per heavy atom. The van der Waals surface area contributed by atoms with Crippen molar-refractivity contribution in [3.63, 3.8) is 0 Å². The molecule has 0 saturated heterocycles. The summed E-state index contributed by atoms with van der Waals surface area (Å²) in [7, 11) is 0. The van der Waals surface area contributed by atoms with Gasteiger partial charge in [-0.05, 0) is 45.2 Å². The van der Waals surface area contributed by atoms with Gasteiger partial charge in [-0.3, -0.25) is 19.2 Å². The van der Waals surface area contributed by atoms with Gasteiger partial charge in [0.1, 0.15) is 18.1 Å². The van der Waals surface area contributed by atoms with E-state index in [1.807, 2.05) is 0 Å². The minimum absolute atomic E-state index is 0.0589. The second-order valence-electron chi connectivity index (χ2n) is 7.48. The lowest BCUT2D eigenvalue weighted by atomic mass is 10.1. The number of carboxylic acid groups (broad SMARTS) is 2. The molecule has 3 amide bonds. The Kier molecular flexibility index (Phi) is 15.3. The Bertz CT molecular complexity index is 662. The van der Waals surface area contributed by atoms with Crippen LogP contribution in [0.25, 0.3) is 0 Å². The maximum atomic E-state index is 12.5. The third-order valence-electron chi connectivity index (χ3n) is 4.69. The van der Waals surface area contributed by atoms with Crippen molar-refractivity contribution in [3.8, 4) is 0 Å². The van der Waals surface area contributed by atoms with E-state index in [1.165, 1.54) is 0 Å². The number of nitrogens with two attached hydrogens (primary N) is 3. The van der Waals surface area contributed by atoms with Gasteiger partial charge in [-0.15, -0.1) is 0 Å². The summed E-state index contributed by atoms with van der Waals surface area (Å²) in [6.45, 7) is -0.0763. The van der Waals surface area contributed by atoms with Gasteiger partial charge in [-0.2, -0.15) is 0 Å². The van der Waals surface area contributed by atoms with E-state index in [1.54, 1.807) is 0 Å². The summed E-state index contributed by atoms with van der Waals surface area (Å²) >= 11 is 0. The Balaban J connectivity index is 5.15. The van der Waals surface area contributed by atoms with Crippen molar-refractivity contribution in [1.82, 2.24) is 16.0 Å². The van der Waals surface area contributed by atoms with E-state index in [0.29, 0.717) is 45.2 Å². The number of carboxylic acids is 2. The summed E-state index contributed by atoms with van der Waals surface area (Å²) in [6, 6.07) is -5.41. The van der Waals surface area contributed by atoms with Crippen molar-refractivity contribution in [3.05, 3.63) is 0 Å². The number of unbranched alkanes of at least 4 members (excludes halogenated alkanes) is 2. The monoisotopic (exact) mass is 476 g/mol.